The van der Waals surface area contributed by atoms with E-state index in [1.54, 1.807) is 13.8 Å². The smallest absolute Gasteiger partial charge is 0.305 e. The highest BCUT2D eigenvalue weighted by Crippen LogP contribution is 1.96. The molecule has 3 heteroatoms. The van der Waals surface area contributed by atoms with Gasteiger partial charge in [-0.1, -0.05) is 13.5 Å². The second-order valence-electron chi connectivity index (χ2n) is 2.53. The van der Waals surface area contributed by atoms with Gasteiger partial charge in [0.2, 0.25) is 0 Å². The van der Waals surface area contributed by atoms with Crippen molar-refractivity contribution in [1.29, 1.82) is 0 Å². The number of ketones is 1. The molecule has 0 aliphatic rings. The van der Waals surface area contributed by atoms with Crippen LogP contribution in [0.4, 0.5) is 0 Å². The van der Waals surface area contributed by atoms with Crippen LogP contribution in [0.25, 0.3) is 0 Å². The van der Waals surface area contributed by atoms with Crippen LogP contribution >= 0.6 is 0 Å². The number of Topliss-reactive ketones (excluding diaryl/α,β-unsaturated/α-hetero) is 1. The first kappa shape index (κ1) is 10.9. The molecule has 0 unspecified atom stereocenters. The van der Waals surface area contributed by atoms with Gasteiger partial charge in [0.15, 0.2) is 5.78 Å². The maximum absolute atomic E-state index is 10.9. The molecule has 0 atom stereocenters. The number of carbonyl (C=O) groups is 2. The largest absolute Gasteiger partial charge is 0.465 e. The van der Waals surface area contributed by atoms with Crippen molar-refractivity contribution in [1.82, 2.24) is 0 Å². The average Bonchev–Trinajstić information content (AvgIpc) is 2.03. The summed E-state index contributed by atoms with van der Waals surface area (Å²) in [7, 11) is 0. The van der Waals surface area contributed by atoms with Crippen molar-refractivity contribution in [2.75, 3.05) is 6.61 Å². The van der Waals surface area contributed by atoms with Gasteiger partial charge in [-0.15, -0.1) is 0 Å². The number of ether oxygens (including phenoxy) is 1. The Morgan fingerprint density at radius 3 is 2.42 bits per heavy atom. The van der Waals surface area contributed by atoms with E-state index in [0.29, 0.717) is 12.0 Å². The van der Waals surface area contributed by atoms with Crippen LogP contribution in [-0.2, 0) is 14.3 Å². The van der Waals surface area contributed by atoms with E-state index in [9.17, 15) is 9.59 Å². The zero-order chi connectivity index (χ0) is 9.56. The minimum atomic E-state index is -0.274. The van der Waals surface area contributed by atoms with Crippen LogP contribution in [-0.4, -0.2) is 18.4 Å². The quantitative estimate of drug-likeness (QED) is 0.463. The Hall–Kier alpha value is -1.12. The zero-order valence-electron chi connectivity index (χ0n) is 7.55. The summed E-state index contributed by atoms with van der Waals surface area (Å²) in [5, 5.41) is 0. The van der Waals surface area contributed by atoms with E-state index in [1.165, 1.54) is 0 Å². The van der Waals surface area contributed by atoms with Crippen LogP contribution in [0.5, 0.6) is 0 Å². The molecule has 0 aliphatic heterocycles. The number of hydrogen-bond donors (Lipinski definition) is 0. The van der Waals surface area contributed by atoms with Crippen LogP contribution < -0.4 is 0 Å². The molecule has 0 rings (SSSR count). The molecular formula is C9H14O3. The highest BCUT2D eigenvalue weighted by Gasteiger charge is 2.03. The topological polar surface area (TPSA) is 43.4 Å². The summed E-state index contributed by atoms with van der Waals surface area (Å²) in [6.45, 7) is 7.00. The molecule has 0 saturated carbocycles. The molecule has 0 aromatic rings. The Bertz CT molecular complexity index is 194. The van der Waals surface area contributed by atoms with Gasteiger partial charge >= 0.3 is 5.97 Å². The third kappa shape index (κ3) is 4.66. The molecule has 0 aliphatic carbocycles. The third-order valence-electron chi connectivity index (χ3n) is 1.36. The molecule has 0 amide bonds. The van der Waals surface area contributed by atoms with E-state index in [0.717, 1.165) is 0 Å². The Morgan fingerprint density at radius 1 is 1.42 bits per heavy atom. The Kier molecular flexibility index (Phi) is 5.00. The molecule has 3 nitrogen and oxygen atoms in total. The molecule has 0 fully saturated rings. The molecule has 68 valence electrons. The highest BCUT2D eigenvalue weighted by atomic mass is 16.5. The second kappa shape index (κ2) is 5.52. The molecule has 0 aromatic heterocycles. The monoisotopic (exact) mass is 170 g/mol. The standard InChI is InChI=1S/C9H14O3/c1-4-9(11)12-6-5-8(10)7(2)3/h2,4-6H2,1,3H3. The fourth-order valence-corrected chi connectivity index (χ4v) is 0.573. The van der Waals surface area contributed by atoms with Gasteiger partial charge in [0, 0.05) is 12.8 Å². The number of carbonyl (C=O) groups excluding carboxylic acids is 2. The highest BCUT2D eigenvalue weighted by molar-refractivity contribution is 5.94. The van der Waals surface area contributed by atoms with Crippen molar-refractivity contribution in [3.63, 3.8) is 0 Å². The van der Waals surface area contributed by atoms with Gasteiger partial charge in [-0.2, -0.15) is 0 Å². The van der Waals surface area contributed by atoms with Crippen molar-refractivity contribution in [2.45, 2.75) is 26.7 Å². The van der Waals surface area contributed by atoms with Crippen LogP contribution in [0.1, 0.15) is 26.7 Å². The van der Waals surface area contributed by atoms with Gasteiger partial charge in [0.05, 0.1) is 6.61 Å². The lowest BCUT2D eigenvalue weighted by atomic mass is 10.2. The van der Waals surface area contributed by atoms with Crippen molar-refractivity contribution >= 4 is 11.8 Å². The fourth-order valence-electron chi connectivity index (χ4n) is 0.573. The number of esters is 1. The molecule has 12 heavy (non-hydrogen) atoms. The first-order valence-corrected chi connectivity index (χ1v) is 3.92. The molecule has 0 aromatic carbocycles. The summed E-state index contributed by atoms with van der Waals surface area (Å²) in [5.74, 6) is -0.330. The summed E-state index contributed by atoms with van der Waals surface area (Å²) in [4.78, 5) is 21.5. The summed E-state index contributed by atoms with van der Waals surface area (Å²) in [5.41, 5.74) is 0.502. The van der Waals surface area contributed by atoms with Gasteiger partial charge in [-0.05, 0) is 12.5 Å². The summed E-state index contributed by atoms with van der Waals surface area (Å²) >= 11 is 0. The SMILES string of the molecule is C=C(C)C(=O)CCOC(=O)CC. The van der Waals surface area contributed by atoms with Crippen molar-refractivity contribution in [3.05, 3.63) is 12.2 Å². The molecule has 0 saturated heterocycles. The normalized spacial score (nSPS) is 9.17. The predicted octanol–water partition coefficient (Wildman–Crippen LogP) is 1.47. The predicted molar refractivity (Wildman–Crippen MR) is 45.7 cm³/mol. The zero-order valence-corrected chi connectivity index (χ0v) is 7.55. The summed E-state index contributed by atoms with van der Waals surface area (Å²) in [6.07, 6.45) is 0.586. The first-order valence-electron chi connectivity index (χ1n) is 3.92. The van der Waals surface area contributed by atoms with E-state index < -0.39 is 0 Å². The first-order chi connectivity index (χ1) is 5.57. The van der Waals surface area contributed by atoms with Crippen molar-refractivity contribution in [2.24, 2.45) is 0 Å². The van der Waals surface area contributed by atoms with E-state index in [4.69, 9.17) is 4.74 Å². The van der Waals surface area contributed by atoms with Crippen LogP contribution in [0.3, 0.4) is 0 Å². The fraction of sp³-hybridized carbons (Fsp3) is 0.556. The van der Waals surface area contributed by atoms with E-state index >= 15 is 0 Å². The van der Waals surface area contributed by atoms with Crippen molar-refractivity contribution < 1.29 is 14.3 Å². The van der Waals surface area contributed by atoms with E-state index in [1.807, 2.05) is 0 Å². The lowest BCUT2D eigenvalue weighted by Crippen LogP contribution is -2.08. The second-order valence-corrected chi connectivity index (χ2v) is 2.53. The van der Waals surface area contributed by atoms with Gasteiger partial charge in [-0.3, -0.25) is 9.59 Å². The van der Waals surface area contributed by atoms with Gasteiger partial charge in [0.25, 0.3) is 0 Å². The molecular weight excluding hydrogens is 156 g/mol. The summed E-state index contributed by atoms with van der Waals surface area (Å²) in [6, 6.07) is 0. The van der Waals surface area contributed by atoms with Crippen molar-refractivity contribution in [3.8, 4) is 0 Å². The average molecular weight is 170 g/mol. The molecule has 0 spiro atoms. The number of rotatable bonds is 5. The Morgan fingerprint density at radius 2 is 2.00 bits per heavy atom. The number of hydrogen-bond acceptors (Lipinski definition) is 3. The Labute approximate surface area is 72.4 Å². The number of allylic oxidation sites excluding steroid dienone is 1. The van der Waals surface area contributed by atoms with E-state index in [2.05, 4.69) is 6.58 Å². The minimum Gasteiger partial charge on any atom is -0.465 e. The minimum absolute atomic E-state index is 0.0566. The van der Waals surface area contributed by atoms with Gasteiger partial charge in [0.1, 0.15) is 0 Å². The molecule has 0 heterocycles. The lowest BCUT2D eigenvalue weighted by molar-refractivity contribution is -0.143. The van der Waals surface area contributed by atoms with Crippen LogP contribution in [0.2, 0.25) is 0 Å². The lowest BCUT2D eigenvalue weighted by Gasteiger charge is -2.01. The van der Waals surface area contributed by atoms with Crippen LogP contribution in [0.15, 0.2) is 12.2 Å². The maximum Gasteiger partial charge on any atom is 0.305 e. The van der Waals surface area contributed by atoms with Gasteiger partial charge in [-0.25, -0.2) is 0 Å². The van der Waals surface area contributed by atoms with Crippen LogP contribution in [0, 0.1) is 0 Å². The maximum atomic E-state index is 10.9. The molecule has 0 radical (unpaired) electrons. The Balaban J connectivity index is 3.50. The van der Waals surface area contributed by atoms with Gasteiger partial charge < -0.3 is 4.74 Å². The molecule has 0 N–H and O–H groups in total. The molecule has 0 bridgehead atoms. The summed E-state index contributed by atoms with van der Waals surface area (Å²) < 4.78 is 4.71. The van der Waals surface area contributed by atoms with E-state index in [-0.39, 0.29) is 24.8 Å². The third-order valence-corrected chi connectivity index (χ3v) is 1.36.